The normalized spacial score (nSPS) is 13.2. The Labute approximate surface area is 196 Å². The lowest BCUT2D eigenvalue weighted by atomic mass is 10.1. The molecule has 0 aliphatic rings. The van der Waals surface area contributed by atoms with Crippen molar-refractivity contribution in [1.29, 1.82) is 0 Å². The van der Waals surface area contributed by atoms with Crippen LogP contribution in [0.5, 0.6) is 0 Å². The summed E-state index contributed by atoms with van der Waals surface area (Å²) < 4.78 is 35.2. The van der Waals surface area contributed by atoms with Crippen LogP contribution in [0.3, 0.4) is 0 Å². The van der Waals surface area contributed by atoms with Crippen LogP contribution in [0.1, 0.15) is 77.2 Å². The first-order chi connectivity index (χ1) is 15.6. The highest BCUT2D eigenvalue weighted by molar-refractivity contribution is 7.55. The van der Waals surface area contributed by atoms with Crippen LogP contribution in [0.25, 0.3) is 0 Å². The average Bonchev–Trinajstić information content (AvgIpc) is 3.17. The summed E-state index contributed by atoms with van der Waals surface area (Å²) in [7, 11) is -3.81. The molecular weight excluding hydrogens is 443 g/mol. The van der Waals surface area contributed by atoms with Gasteiger partial charge in [0.15, 0.2) is 11.5 Å². The van der Waals surface area contributed by atoms with Crippen LogP contribution in [0.4, 0.5) is 0 Å². The number of hydrogen-bond donors (Lipinski definition) is 0. The van der Waals surface area contributed by atoms with Gasteiger partial charge in [0.25, 0.3) is 0 Å². The van der Waals surface area contributed by atoms with Crippen molar-refractivity contribution in [2.75, 3.05) is 13.2 Å². The van der Waals surface area contributed by atoms with Gasteiger partial charge in [-0.3, -0.25) is 9.36 Å². The molecule has 1 aromatic heterocycles. The van der Waals surface area contributed by atoms with Crippen molar-refractivity contribution in [3.8, 4) is 0 Å². The van der Waals surface area contributed by atoms with Crippen molar-refractivity contribution >= 4 is 13.6 Å². The van der Waals surface area contributed by atoms with Crippen molar-refractivity contribution in [3.05, 3.63) is 47.1 Å². The number of ether oxygens (including phenoxy) is 1. The number of carbonyl (C=O) groups is 1. The number of aromatic nitrogens is 2. The molecule has 0 bridgehead atoms. The molecule has 1 atom stereocenters. The monoisotopic (exact) mass is 480 g/mol. The third kappa shape index (κ3) is 8.69. The summed E-state index contributed by atoms with van der Waals surface area (Å²) in [5.74, 6) is -0.0151. The van der Waals surface area contributed by atoms with Crippen molar-refractivity contribution < 1.29 is 27.7 Å². The van der Waals surface area contributed by atoms with Gasteiger partial charge in [-0.15, -0.1) is 0 Å². The van der Waals surface area contributed by atoms with Crippen molar-refractivity contribution in [2.24, 2.45) is 0 Å². The van der Waals surface area contributed by atoms with Gasteiger partial charge in [-0.05, 0) is 58.6 Å². The summed E-state index contributed by atoms with van der Waals surface area (Å²) in [5.41, 5.74) is 0.391. The van der Waals surface area contributed by atoms with Gasteiger partial charge < -0.3 is 18.3 Å². The zero-order chi connectivity index (χ0) is 24.5. The summed E-state index contributed by atoms with van der Waals surface area (Å²) in [6.45, 7) is 11.0. The Morgan fingerprint density at radius 1 is 1.06 bits per heavy atom. The van der Waals surface area contributed by atoms with Crippen LogP contribution in [0.15, 0.2) is 28.8 Å². The fourth-order valence-corrected chi connectivity index (χ4v) is 5.12. The SMILES string of the molecule is CCCCc1ccc(Cc2nc(CC(C(=O)OC(C)(C)C)P(=O)(OCC)OCC)no2)cc1. The van der Waals surface area contributed by atoms with E-state index in [1.54, 1.807) is 34.6 Å². The number of esters is 1. The third-order valence-corrected chi connectivity index (χ3v) is 7.16. The second-order valence-corrected chi connectivity index (χ2v) is 11.0. The lowest BCUT2D eigenvalue weighted by Crippen LogP contribution is -2.34. The molecular formula is C24H37N2O6P. The predicted molar refractivity (Wildman–Crippen MR) is 126 cm³/mol. The molecule has 8 nitrogen and oxygen atoms in total. The predicted octanol–water partition coefficient (Wildman–Crippen LogP) is 5.52. The van der Waals surface area contributed by atoms with E-state index in [2.05, 4.69) is 41.3 Å². The number of carbonyl (C=O) groups excluding carboxylic acids is 1. The molecule has 0 N–H and O–H groups in total. The molecule has 0 radical (unpaired) electrons. The fraction of sp³-hybridized carbons (Fsp3) is 0.625. The van der Waals surface area contributed by atoms with Crippen LogP contribution in [0, 0.1) is 0 Å². The summed E-state index contributed by atoms with van der Waals surface area (Å²) in [4.78, 5) is 17.3. The molecule has 0 saturated carbocycles. The van der Waals surface area contributed by atoms with E-state index >= 15 is 0 Å². The molecule has 1 aromatic carbocycles. The highest BCUT2D eigenvalue weighted by atomic mass is 31.2. The standard InChI is InChI=1S/C24H37N2O6P/c1-7-10-11-18-12-14-19(15-13-18)16-22-25-21(26-32-22)17-20(23(27)31-24(4,5)6)33(28,29-8-2)30-9-3/h12-15,20H,7-11,16-17H2,1-6H3. The highest BCUT2D eigenvalue weighted by Crippen LogP contribution is 2.54. The van der Waals surface area contributed by atoms with Crippen LogP contribution >= 0.6 is 7.60 Å². The molecule has 2 aromatic rings. The second kappa shape index (κ2) is 12.4. The quantitative estimate of drug-likeness (QED) is 0.273. The van der Waals surface area contributed by atoms with E-state index in [1.807, 2.05) is 0 Å². The van der Waals surface area contributed by atoms with Gasteiger partial charge in [0, 0.05) is 6.42 Å². The smallest absolute Gasteiger partial charge is 0.345 e. The maximum absolute atomic E-state index is 13.4. The number of rotatable bonds is 13. The second-order valence-electron chi connectivity index (χ2n) is 8.83. The minimum Gasteiger partial charge on any atom is -0.459 e. The number of benzene rings is 1. The van der Waals surface area contributed by atoms with Crippen molar-refractivity contribution in [1.82, 2.24) is 10.1 Å². The van der Waals surface area contributed by atoms with Gasteiger partial charge in [0.2, 0.25) is 5.89 Å². The van der Waals surface area contributed by atoms with Crippen LogP contribution < -0.4 is 0 Å². The first-order valence-electron chi connectivity index (χ1n) is 11.6. The molecule has 0 amide bonds. The van der Waals surface area contributed by atoms with E-state index in [9.17, 15) is 9.36 Å². The molecule has 0 saturated heterocycles. The van der Waals surface area contributed by atoms with E-state index in [0.29, 0.717) is 12.3 Å². The molecule has 0 fully saturated rings. The minimum atomic E-state index is -3.81. The maximum atomic E-state index is 13.4. The third-order valence-electron chi connectivity index (χ3n) is 4.76. The van der Waals surface area contributed by atoms with Gasteiger partial charge in [-0.1, -0.05) is 42.8 Å². The van der Waals surface area contributed by atoms with Gasteiger partial charge in [-0.2, -0.15) is 4.98 Å². The molecule has 1 heterocycles. The maximum Gasteiger partial charge on any atom is 0.345 e. The fourth-order valence-electron chi connectivity index (χ4n) is 3.27. The number of hydrogen-bond acceptors (Lipinski definition) is 8. The van der Waals surface area contributed by atoms with Crippen LogP contribution in [0.2, 0.25) is 0 Å². The molecule has 33 heavy (non-hydrogen) atoms. The topological polar surface area (TPSA) is 101 Å². The first-order valence-corrected chi connectivity index (χ1v) is 13.2. The lowest BCUT2D eigenvalue weighted by molar-refractivity contribution is -0.154. The Kier molecular flexibility index (Phi) is 10.3. The summed E-state index contributed by atoms with van der Waals surface area (Å²) in [6.07, 6.45) is 3.78. The Hall–Kier alpha value is -2.02. The van der Waals surface area contributed by atoms with Gasteiger partial charge in [0.1, 0.15) is 5.60 Å². The molecule has 0 aliphatic carbocycles. The van der Waals surface area contributed by atoms with E-state index in [0.717, 1.165) is 18.4 Å². The highest BCUT2D eigenvalue weighted by Gasteiger charge is 2.44. The van der Waals surface area contributed by atoms with E-state index in [1.165, 1.54) is 12.0 Å². The van der Waals surface area contributed by atoms with E-state index in [4.69, 9.17) is 18.3 Å². The molecule has 0 spiro atoms. The largest absolute Gasteiger partial charge is 0.459 e. The minimum absolute atomic E-state index is 0.0777. The van der Waals surface area contributed by atoms with E-state index < -0.39 is 24.8 Å². The number of nitrogens with zero attached hydrogens (tertiary/aromatic N) is 2. The van der Waals surface area contributed by atoms with Gasteiger partial charge in [-0.25, -0.2) is 0 Å². The van der Waals surface area contributed by atoms with Gasteiger partial charge >= 0.3 is 13.6 Å². The van der Waals surface area contributed by atoms with Crippen molar-refractivity contribution in [2.45, 2.75) is 84.9 Å². The summed E-state index contributed by atoms with van der Waals surface area (Å²) in [5, 5.41) is 4.00. The molecule has 1 unspecified atom stereocenters. The number of aryl methyl sites for hydroxylation is 1. The van der Waals surface area contributed by atoms with Gasteiger partial charge in [0.05, 0.1) is 19.6 Å². The molecule has 0 aliphatic heterocycles. The number of unbranched alkanes of at least 4 members (excludes halogenated alkanes) is 1. The van der Waals surface area contributed by atoms with E-state index in [-0.39, 0.29) is 25.5 Å². The van der Waals surface area contributed by atoms with Crippen LogP contribution in [-0.4, -0.2) is 40.6 Å². The zero-order valence-electron chi connectivity index (χ0n) is 20.6. The van der Waals surface area contributed by atoms with Crippen LogP contribution in [-0.2, 0) is 42.4 Å². The summed E-state index contributed by atoms with van der Waals surface area (Å²) >= 11 is 0. The summed E-state index contributed by atoms with van der Waals surface area (Å²) in [6, 6.07) is 8.33. The molecule has 2 rings (SSSR count). The Balaban J connectivity index is 2.18. The average molecular weight is 481 g/mol. The zero-order valence-corrected chi connectivity index (χ0v) is 21.5. The Bertz CT molecular complexity index is 910. The molecule has 184 valence electrons. The lowest BCUT2D eigenvalue weighted by Gasteiger charge is -2.27. The molecule has 9 heteroatoms. The Morgan fingerprint density at radius 2 is 1.67 bits per heavy atom. The first kappa shape index (κ1) is 27.2. The Morgan fingerprint density at radius 3 is 2.21 bits per heavy atom. The van der Waals surface area contributed by atoms with Crippen molar-refractivity contribution in [3.63, 3.8) is 0 Å².